The molecule has 1 aromatic rings. The van der Waals surface area contributed by atoms with Crippen molar-refractivity contribution < 1.29 is 0 Å². The van der Waals surface area contributed by atoms with E-state index in [-0.39, 0.29) is 11.5 Å². The maximum absolute atomic E-state index is 6.48. The Balaban J connectivity index is 2.28. The molecular weight excluding hydrogens is 234 g/mol. The van der Waals surface area contributed by atoms with Crippen molar-refractivity contribution in [1.82, 2.24) is 9.78 Å². The van der Waals surface area contributed by atoms with Crippen molar-refractivity contribution in [1.29, 1.82) is 0 Å². The van der Waals surface area contributed by atoms with Crippen LogP contribution in [0.3, 0.4) is 0 Å². The van der Waals surface area contributed by atoms with Gasteiger partial charge in [-0.2, -0.15) is 5.10 Å². The molecule has 1 aliphatic rings. The van der Waals surface area contributed by atoms with Crippen molar-refractivity contribution in [2.24, 2.45) is 11.1 Å². The Morgan fingerprint density at radius 3 is 2.71 bits per heavy atom. The van der Waals surface area contributed by atoms with E-state index in [9.17, 15) is 0 Å². The van der Waals surface area contributed by atoms with Gasteiger partial charge in [0.05, 0.1) is 23.0 Å². The van der Waals surface area contributed by atoms with Crippen LogP contribution in [0, 0.1) is 5.41 Å². The van der Waals surface area contributed by atoms with Crippen LogP contribution in [0.15, 0.2) is 6.20 Å². The van der Waals surface area contributed by atoms with Gasteiger partial charge in [-0.25, -0.2) is 0 Å². The molecule has 0 aromatic carbocycles. The van der Waals surface area contributed by atoms with E-state index >= 15 is 0 Å². The fraction of sp³-hybridized carbons (Fsp3) is 0.769. The standard InChI is InChI=1S/C13H22ClN3/c1-3-17-11(10(14)9-16-17)12(15)13(2)7-5-4-6-8-13/h9,12H,3-8,15H2,1-2H3. The number of rotatable bonds is 3. The number of aryl methyl sites for hydroxylation is 1. The van der Waals surface area contributed by atoms with Gasteiger partial charge in [0.15, 0.2) is 0 Å². The summed E-state index contributed by atoms with van der Waals surface area (Å²) in [6, 6.07) is -0.00208. The molecule has 1 heterocycles. The van der Waals surface area contributed by atoms with Gasteiger partial charge in [0, 0.05) is 6.54 Å². The zero-order valence-electron chi connectivity index (χ0n) is 10.7. The molecule has 0 amide bonds. The van der Waals surface area contributed by atoms with Crippen molar-refractivity contribution in [3.8, 4) is 0 Å². The fourth-order valence-electron chi connectivity index (χ4n) is 2.93. The second-order valence-corrected chi connectivity index (χ2v) is 5.79. The van der Waals surface area contributed by atoms with E-state index in [2.05, 4.69) is 18.9 Å². The van der Waals surface area contributed by atoms with Crippen LogP contribution < -0.4 is 5.73 Å². The predicted molar refractivity (Wildman–Crippen MR) is 71.0 cm³/mol. The molecule has 1 atom stereocenters. The highest BCUT2D eigenvalue weighted by atomic mass is 35.5. The molecule has 2 N–H and O–H groups in total. The van der Waals surface area contributed by atoms with Crippen molar-refractivity contribution in [2.45, 2.75) is 58.5 Å². The Hall–Kier alpha value is -0.540. The van der Waals surface area contributed by atoms with E-state index in [4.69, 9.17) is 17.3 Å². The minimum Gasteiger partial charge on any atom is -0.322 e. The van der Waals surface area contributed by atoms with Crippen molar-refractivity contribution >= 4 is 11.6 Å². The largest absolute Gasteiger partial charge is 0.322 e. The van der Waals surface area contributed by atoms with Gasteiger partial charge in [-0.1, -0.05) is 37.8 Å². The van der Waals surface area contributed by atoms with Crippen molar-refractivity contribution in [2.75, 3.05) is 0 Å². The van der Waals surface area contributed by atoms with Crippen LogP contribution >= 0.6 is 11.6 Å². The summed E-state index contributed by atoms with van der Waals surface area (Å²) in [5.74, 6) is 0. The average molecular weight is 256 g/mol. The van der Waals surface area contributed by atoms with E-state index in [0.29, 0.717) is 5.02 Å². The van der Waals surface area contributed by atoms with Crippen LogP contribution in [0.25, 0.3) is 0 Å². The smallest absolute Gasteiger partial charge is 0.0834 e. The zero-order chi connectivity index (χ0) is 12.5. The number of nitrogens with zero attached hydrogens (tertiary/aromatic N) is 2. The quantitative estimate of drug-likeness (QED) is 0.898. The monoisotopic (exact) mass is 255 g/mol. The summed E-state index contributed by atoms with van der Waals surface area (Å²) in [7, 11) is 0. The first kappa shape index (κ1) is 12.9. The van der Waals surface area contributed by atoms with E-state index in [1.807, 2.05) is 4.68 Å². The van der Waals surface area contributed by atoms with E-state index in [1.165, 1.54) is 32.1 Å². The first-order valence-electron chi connectivity index (χ1n) is 6.55. The molecule has 1 aromatic heterocycles. The summed E-state index contributed by atoms with van der Waals surface area (Å²) in [5.41, 5.74) is 7.67. The highest BCUT2D eigenvalue weighted by Crippen LogP contribution is 2.45. The predicted octanol–water partition coefficient (Wildman–Crippen LogP) is 3.53. The maximum Gasteiger partial charge on any atom is 0.0834 e. The summed E-state index contributed by atoms with van der Waals surface area (Å²) in [6.45, 7) is 5.19. The van der Waals surface area contributed by atoms with E-state index < -0.39 is 0 Å². The molecule has 3 nitrogen and oxygen atoms in total. The SMILES string of the molecule is CCn1ncc(Cl)c1C(N)C1(C)CCCCC1. The van der Waals surface area contributed by atoms with Gasteiger partial charge < -0.3 is 5.73 Å². The van der Waals surface area contributed by atoms with Gasteiger partial charge in [0.2, 0.25) is 0 Å². The molecule has 0 aliphatic heterocycles. The Kier molecular flexibility index (Phi) is 3.79. The Bertz CT molecular complexity index is 380. The molecule has 1 unspecified atom stereocenters. The molecular formula is C13H22ClN3. The van der Waals surface area contributed by atoms with Crippen LogP contribution in [-0.4, -0.2) is 9.78 Å². The Morgan fingerprint density at radius 2 is 2.12 bits per heavy atom. The lowest BCUT2D eigenvalue weighted by molar-refractivity contribution is 0.164. The van der Waals surface area contributed by atoms with E-state index in [0.717, 1.165) is 12.2 Å². The molecule has 0 saturated heterocycles. The maximum atomic E-state index is 6.48. The molecule has 0 bridgehead atoms. The van der Waals surface area contributed by atoms with Crippen LogP contribution in [0.1, 0.15) is 57.7 Å². The summed E-state index contributed by atoms with van der Waals surface area (Å²) in [6.07, 6.45) is 8.00. The third-order valence-corrected chi connectivity index (χ3v) is 4.47. The van der Waals surface area contributed by atoms with E-state index in [1.54, 1.807) is 6.20 Å². The summed E-state index contributed by atoms with van der Waals surface area (Å²) in [5, 5.41) is 5.00. The Morgan fingerprint density at radius 1 is 1.47 bits per heavy atom. The number of aromatic nitrogens is 2. The fourth-order valence-corrected chi connectivity index (χ4v) is 3.19. The number of hydrogen-bond donors (Lipinski definition) is 1. The highest BCUT2D eigenvalue weighted by molar-refractivity contribution is 6.31. The third-order valence-electron chi connectivity index (χ3n) is 4.17. The molecule has 0 radical (unpaired) electrons. The third kappa shape index (κ3) is 2.36. The van der Waals surface area contributed by atoms with Gasteiger partial charge in [-0.05, 0) is 25.2 Å². The van der Waals surface area contributed by atoms with Gasteiger partial charge in [-0.15, -0.1) is 0 Å². The first-order valence-corrected chi connectivity index (χ1v) is 6.93. The lowest BCUT2D eigenvalue weighted by Gasteiger charge is -2.39. The lowest BCUT2D eigenvalue weighted by atomic mass is 9.70. The topological polar surface area (TPSA) is 43.8 Å². The van der Waals surface area contributed by atoms with Crippen LogP contribution in [0.4, 0.5) is 0 Å². The van der Waals surface area contributed by atoms with Crippen LogP contribution in [-0.2, 0) is 6.54 Å². The molecule has 1 fully saturated rings. The normalized spacial score (nSPS) is 21.4. The summed E-state index contributed by atoms with van der Waals surface area (Å²) < 4.78 is 1.94. The molecule has 0 spiro atoms. The zero-order valence-corrected chi connectivity index (χ0v) is 11.5. The van der Waals surface area contributed by atoms with Crippen LogP contribution in [0.2, 0.25) is 5.02 Å². The van der Waals surface area contributed by atoms with Gasteiger partial charge >= 0.3 is 0 Å². The minimum atomic E-state index is -0.00208. The second kappa shape index (κ2) is 4.99. The number of halogens is 1. The van der Waals surface area contributed by atoms with Crippen molar-refractivity contribution in [3.63, 3.8) is 0 Å². The molecule has 1 saturated carbocycles. The molecule has 4 heteroatoms. The first-order chi connectivity index (χ1) is 8.08. The summed E-state index contributed by atoms with van der Waals surface area (Å²) in [4.78, 5) is 0. The minimum absolute atomic E-state index is 0.00208. The summed E-state index contributed by atoms with van der Waals surface area (Å²) >= 11 is 6.24. The molecule has 96 valence electrons. The van der Waals surface area contributed by atoms with Crippen LogP contribution in [0.5, 0.6) is 0 Å². The average Bonchev–Trinajstić information content (AvgIpc) is 2.70. The highest BCUT2D eigenvalue weighted by Gasteiger charge is 2.36. The van der Waals surface area contributed by atoms with Gasteiger partial charge in [0.1, 0.15) is 0 Å². The van der Waals surface area contributed by atoms with Gasteiger partial charge in [0.25, 0.3) is 0 Å². The number of nitrogens with two attached hydrogens (primary N) is 1. The number of hydrogen-bond acceptors (Lipinski definition) is 2. The molecule has 2 rings (SSSR count). The molecule has 1 aliphatic carbocycles. The van der Waals surface area contributed by atoms with Crippen molar-refractivity contribution in [3.05, 3.63) is 16.9 Å². The Labute approximate surface area is 108 Å². The van der Waals surface area contributed by atoms with Gasteiger partial charge in [-0.3, -0.25) is 4.68 Å². The second-order valence-electron chi connectivity index (χ2n) is 5.39. The lowest BCUT2D eigenvalue weighted by Crippen LogP contribution is -2.35. The molecule has 17 heavy (non-hydrogen) atoms.